The Kier molecular flexibility index (Phi) is 6.70. The summed E-state index contributed by atoms with van der Waals surface area (Å²) < 4.78 is 14.5. The van der Waals surface area contributed by atoms with Gasteiger partial charge in [0.1, 0.15) is 0 Å². The largest absolute Gasteiger partial charge is 0.430 e. The van der Waals surface area contributed by atoms with Crippen molar-refractivity contribution in [2.75, 3.05) is 27.3 Å². The van der Waals surface area contributed by atoms with Crippen LogP contribution in [0.4, 0.5) is 0 Å². The lowest BCUT2D eigenvalue weighted by molar-refractivity contribution is 0.148. The van der Waals surface area contributed by atoms with Crippen molar-refractivity contribution < 1.29 is 8.85 Å². The summed E-state index contributed by atoms with van der Waals surface area (Å²) in [7, 11) is 1.56. The molecule has 0 heterocycles. The van der Waals surface area contributed by atoms with Crippen LogP contribution >= 0.6 is 0 Å². The zero-order chi connectivity index (χ0) is 12.7. The minimum atomic E-state index is -2.15. The van der Waals surface area contributed by atoms with Gasteiger partial charge in [0.15, 0.2) is 0 Å². The van der Waals surface area contributed by atoms with E-state index in [9.17, 15) is 0 Å². The summed E-state index contributed by atoms with van der Waals surface area (Å²) in [6.45, 7) is 6.69. The Hall–Kier alpha value is 0.0969. The Morgan fingerprint density at radius 2 is 1.47 bits per heavy atom. The van der Waals surface area contributed by atoms with E-state index in [1.165, 1.54) is 38.5 Å². The lowest BCUT2D eigenvalue weighted by atomic mass is 10.4. The summed E-state index contributed by atoms with van der Waals surface area (Å²) >= 11 is 0. The van der Waals surface area contributed by atoms with E-state index in [1.54, 1.807) is 0 Å². The standard InChI is InChI=1S/C13H29NO2Si/c1-5-11-14(12-6-2)17(15-3,16-4)13-9-7-8-10-13/h13H,5-12H2,1-4H3. The van der Waals surface area contributed by atoms with E-state index in [2.05, 4.69) is 18.4 Å². The van der Waals surface area contributed by atoms with Crippen LogP contribution in [0.1, 0.15) is 52.4 Å². The summed E-state index contributed by atoms with van der Waals surface area (Å²) in [5.41, 5.74) is 0.663. The molecule has 1 aliphatic carbocycles. The van der Waals surface area contributed by atoms with Crippen LogP contribution in [-0.2, 0) is 8.85 Å². The first kappa shape index (κ1) is 15.2. The Bertz CT molecular complexity index is 198. The molecule has 0 aromatic carbocycles. The monoisotopic (exact) mass is 259 g/mol. The normalized spacial score (nSPS) is 18.2. The minimum absolute atomic E-state index is 0.663. The topological polar surface area (TPSA) is 21.7 Å². The molecule has 0 aromatic heterocycles. The molecular formula is C13H29NO2Si. The van der Waals surface area contributed by atoms with E-state index < -0.39 is 8.72 Å². The average Bonchev–Trinajstić information content (AvgIpc) is 2.86. The van der Waals surface area contributed by atoms with Crippen LogP contribution in [0.15, 0.2) is 0 Å². The third-order valence-corrected chi connectivity index (χ3v) is 7.99. The summed E-state index contributed by atoms with van der Waals surface area (Å²) in [5.74, 6) is 0. The van der Waals surface area contributed by atoms with Crippen molar-refractivity contribution in [1.29, 1.82) is 0 Å². The second-order valence-corrected chi connectivity index (χ2v) is 8.53. The van der Waals surface area contributed by atoms with Crippen molar-refractivity contribution in [1.82, 2.24) is 4.57 Å². The Labute approximate surface area is 108 Å². The molecule has 0 bridgehead atoms. The van der Waals surface area contributed by atoms with Gasteiger partial charge in [-0.1, -0.05) is 26.7 Å². The highest BCUT2D eigenvalue weighted by atomic mass is 28.4. The highest BCUT2D eigenvalue weighted by Crippen LogP contribution is 2.40. The van der Waals surface area contributed by atoms with E-state index in [1.807, 2.05) is 14.2 Å². The Morgan fingerprint density at radius 3 is 1.82 bits per heavy atom. The predicted octanol–water partition coefficient (Wildman–Crippen LogP) is 3.28. The van der Waals surface area contributed by atoms with Gasteiger partial charge in [0.05, 0.1) is 0 Å². The Morgan fingerprint density at radius 1 is 1.00 bits per heavy atom. The van der Waals surface area contributed by atoms with E-state index in [0.29, 0.717) is 5.54 Å². The van der Waals surface area contributed by atoms with Gasteiger partial charge in [-0.3, -0.25) is 4.57 Å². The smallest absolute Gasteiger partial charge is 0.386 e. The van der Waals surface area contributed by atoms with Crippen LogP contribution in [0, 0.1) is 0 Å². The van der Waals surface area contributed by atoms with Gasteiger partial charge < -0.3 is 8.85 Å². The lowest BCUT2D eigenvalue weighted by Gasteiger charge is -2.41. The van der Waals surface area contributed by atoms with Gasteiger partial charge in [0.25, 0.3) is 0 Å². The van der Waals surface area contributed by atoms with Gasteiger partial charge in [-0.25, -0.2) is 0 Å². The quantitative estimate of drug-likeness (QED) is 0.624. The Balaban J connectivity index is 2.84. The number of rotatable bonds is 8. The van der Waals surface area contributed by atoms with Gasteiger partial charge in [0, 0.05) is 19.8 Å². The number of hydrogen-bond acceptors (Lipinski definition) is 3. The molecule has 17 heavy (non-hydrogen) atoms. The molecule has 0 aliphatic heterocycles. The molecule has 1 saturated carbocycles. The third kappa shape index (κ3) is 3.31. The molecule has 0 saturated heterocycles. The molecule has 3 nitrogen and oxygen atoms in total. The van der Waals surface area contributed by atoms with Crippen molar-refractivity contribution in [3.8, 4) is 0 Å². The van der Waals surface area contributed by atoms with E-state index in [-0.39, 0.29) is 0 Å². The van der Waals surface area contributed by atoms with Crippen LogP contribution in [0.3, 0.4) is 0 Å². The first-order valence-electron chi connectivity index (χ1n) is 7.10. The first-order valence-corrected chi connectivity index (χ1v) is 8.94. The summed E-state index contributed by atoms with van der Waals surface area (Å²) in [5, 5.41) is 0. The van der Waals surface area contributed by atoms with Gasteiger partial charge >= 0.3 is 8.72 Å². The molecule has 0 radical (unpaired) electrons. The van der Waals surface area contributed by atoms with Crippen LogP contribution in [-0.4, -0.2) is 40.6 Å². The SMILES string of the molecule is CCCN(CCC)[Si](OC)(OC)C1CCCC1. The van der Waals surface area contributed by atoms with Crippen molar-refractivity contribution >= 4 is 8.72 Å². The van der Waals surface area contributed by atoms with Gasteiger partial charge in [-0.05, 0) is 38.8 Å². The minimum Gasteiger partial charge on any atom is -0.386 e. The molecular weight excluding hydrogens is 230 g/mol. The maximum absolute atomic E-state index is 5.98. The molecule has 0 atom stereocenters. The van der Waals surface area contributed by atoms with Crippen molar-refractivity contribution in [2.24, 2.45) is 0 Å². The third-order valence-electron chi connectivity index (χ3n) is 3.88. The zero-order valence-corrected chi connectivity index (χ0v) is 13.0. The highest BCUT2D eigenvalue weighted by molar-refractivity contribution is 6.66. The summed E-state index contributed by atoms with van der Waals surface area (Å²) in [6, 6.07) is 0. The molecule has 0 N–H and O–H groups in total. The van der Waals surface area contributed by atoms with Gasteiger partial charge in [-0.2, -0.15) is 0 Å². The molecule has 0 spiro atoms. The summed E-state index contributed by atoms with van der Waals surface area (Å²) in [4.78, 5) is 0. The second-order valence-electron chi connectivity index (χ2n) is 5.01. The zero-order valence-electron chi connectivity index (χ0n) is 12.0. The molecule has 0 amide bonds. The fourth-order valence-corrected chi connectivity index (χ4v) is 7.26. The van der Waals surface area contributed by atoms with Crippen molar-refractivity contribution in [3.63, 3.8) is 0 Å². The van der Waals surface area contributed by atoms with E-state index in [4.69, 9.17) is 8.85 Å². The van der Waals surface area contributed by atoms with Crippen LogP contribution in [0.2, 0.25) is 5.54 Å². The molecule has 0 aromatic rings. The van der Waals surface area contributed by atoms with Gasteiger partial charge in [0.2, 0.25) is 0 Å². The maximum Gasteiger partial charge on any atom is 0.430 e. The fraction of sp³-hybridized carbons (Fsp3) is 1.00. The predicted molar refractivity (Wildman–Crippen MR) is 74.1 cm³/mol. The average molecular weight is 259 g/mol. The van der Waals surface area contributed by atoms with Gasteiger partial charge in [-0.15, -0.1) is 0 Å². The maximum atomic E-state index is 5.98. The van der Waals surface area contributed by atoms with Crippen molar-refractivity contribution in [3.05, 3.63) is 0 Å². The van der Waals surface area contributed by atoms with Crippen LogP contribution in [0.25, 0.3) is 0 Å². The molecule has 102 valence electrons. The molecule has 1 fully saturated rings. The van der Waals surface area contributed by atoms with Crippen LogP contribution in [0.5, 0.6) is 0 Å². The molecule has 1 rings (SSSR count). The number of hydrogen-bond donors (Lipinski definition) is 0. The van der Waals surface area contributed by atoms with E-state index >= 15 is 0 Å². The summed E-state index contributed by atoms with van der Waals surface area (Å²) in [6.07, 6.45) is 7.62. The van der Waals surface area contributed by atoms with Crippen LogP contribution < -0.4 is 0 Å². The lowest BCUT2D eigenvalue weighted by Crippen LogP contribution is -2.60. The number of nitrogens with zero attached hydrogens (tertiary/aromatic N) is 1. The molecule has 0 unspecified atom stereocenters. The first-order chi connectivity index (χ1) is 8.25. The second kappa shape index (κ2) is 7.51. The molecule has 4 heteroatoms. The fourth-order valence-electron chi connectivity index (χ4n) is 3.19. The van der Waals surface area contributed by atoms with E-state index in [0.717, 1.165) is 13.1 Å². The van der Waals surface area contributed by atoms with Crippen molar-refractivity contribution in [2.45, 2.75) is 57.9 Å². The molecule has 1 aliphatic rings. The highest BCUT2D eigenvalue weighted by Gasteiger charge is 2.50.